The van der Waals surface area contributed by atoms with Crippen LogP contribution in [0.2, 0.25) is 0 Å². The summed E-state index contributed by atoms with van der Waals surface area (Å²) >= 11 is 0. The third-order valence-corrected chi connectivity index (χ3v) is 6.91. The van der Waals surface area contributed by atoms with E-state index in [4.69, 9.17) is 9.88 Å². The molecule has 8 heteroatoms. The number of carbonyl (C=O) groups is 1. The topological polar surface area (TPSA) is 94.6 Å². The molecule has 1 aliphatic rings. The highest BCUT2D eigenvalue weighted by molar-refractivity contribution is 7.89. The van der Waals surface area contributed by atoms with Crippen LogP contribution < -0.4 is 14.8 Å². The van der Waals surface area contributed by atoms with Crippen LogP contribution >= 0.6 is 0 Å². The SMILES string of the molecule is COc1cccc2c1N(CC(=O)c1cc(C)n(-c3ccc(S(N)(=O)=O)cc3)c1C)CCC2. The Balaban J connectivity index is 1.64. The van der Waals surface area contributed by atoms with Crippen molar-refractivity contribution >= 4 is 21.5 Å². The van der Waals surface area contributed by atoms with E-state index in [1.165, 1.54) is 17.7 Å². The van der Waals surface area contributed by atoms with E-state index in [1.54, 1.807) is 19.2 Å². The maximum absolute atomic E-state index is 13.3. The van der Waals surface area contributed by atoms with Crippen LogP contribution in [0.25, 0.3) is 5.69 Å². The van der Waals surface area contributed by atoms with Gasteiger partial charge >= 0.3 is 0 Å². The maximum atomic E-state index is 13.3. The standard InChI is InChI=1S/C24H27N3O4S/c1-16-14-21(17(2)27(16)19-9-11-20(12-10-19)32(25,29)30)22(28)15-26-13-5-7-18-6-4-8-23(31-3)24(18)26/h4,6,8-12,14H,5,7,13,15H2,1-3H3,(H2,25,29,30). The van der Waals surface area contributed by atoms with Crippen molar-refractivity contribution in [2.75, 3.05) is 25.1 Å². The smallest absolute Gasteiger partial charge is 0.238 e. The normalized spacial score (nSPS) is 13.7. The van der Waals surface area contributed by atoms with Crippen molar-refractivity contribution in [2.24, 2.45) is 5.14 Å². The van der Waals surface area contributed by atoms with Crippen molar-refractivity contribution < 1.29 is 17.9 Å². The summed E-state index contributed by atoms with van der Waals surface area (Å²) < 4.78 is 30.6. The number of aromatic nitrogens is 1. The van der Waals surface area contributed by atoms with Gasteiger partial charge in [-0.3, -0.25) is 4.79 Å². The number of primary sulfonamides is 1. The second kappa shape index (κ2) is 8.44. The summed E-state index contributed by atoms with van der Waals surface area (Å²) in [5, 5.41) is 5.20. The zero-order valence-electron chi connectivity index (χ0n) is 18.5. The van der Waals surface area contributed by atoms with Crippen LogP contribution in [0.4, 0.5) is 5.69 Å². The number of methoxy groups -OCH3 is 1. The number of sulfonamides is 1. The molecule has 1 aliphatic heterocycles. The number of para-hydroxylation sites is 1. The van der Waals surface area contributed by atoms with Gasteiger partial charge < -0.3 is 14.2 Å². The van der Waals surface area contributed by atoms with Gasteiger partial charge in [-0.2, -0.15) is 0 Å². The number of ketones is 1. The summed E-state index contributed by atoms with van der Waals surface area (Å²) in [5.74, 6) is 0.819. The molecule has 1 aromatic heterocycles. The van der Waals surface area contributed by atoms with Crippen LogP contribution in [0, 0.1) is 13.8 Å². The molecule has 4 rings (SSSR count). The molecule has 0 amide bonds. The van der Waals surface area contributed by atoms with Crippen molar-refractivity contribution in [3.63, 3.8) is 0 Å². The summed E-state index contributed by atoms with van der Waals surface area (Å²) in [6.07, 6.45) is 1.96. The Morgan fingerprint density at radius 3 is 2.50 bits per heavy atom. The summed E-state index contributed by atoms with van der Waals surface area (Å²) in [7, 11) is -2.10. The molecule has 2 heterocycles. The van der Waals surface area contributed by atoms with Gasteiger partial charge in [0.2, 0.25) is 10.0 Å². The molecule has 0 spiro atoms. The highest BCUT2D eigenvalue weighted by Gasteiger charge is 2.25. The second-order valence-electron chi connectivity index (χ2n) is 8.08. The minimum atomic E-state index is -3.76. The lowest BCUT2D eigenvalue weighted by molar-refractivity contribution is 0.0998. The second-order valence-corrected chi connectivity index (χ2v) is 9.64. The van der Waals surface area contributed by atoms with Gasteiger partial charge in [0.25, 0.3) is 0 Å². The zero-order chi connectivity index (χ0) is 23.0. The molecule has 3 aromatic rings. The maximum Gasteiger partial charge on any atom is 0.238 e. The van der Waals surface area contributed by atoms with Crippen LogP contribution in [-0.4, -0.2) is 39.0 Å². The zero-order valence-corrected chi connectivity index (χ0v) is 19.3. The van der Waals surface area contributed by atoms with Gasteiger partial charge in [0, 0.05) is 29.2 Å². The van der Waals surface area contributed by atoms with Gasteiger partial charge in [-0.05, 0) is 68.7 Å². The third kappa shape index (κ3) is 4.03. The molecule has 0 aliphatic carbocycles. The Kier molecular flexibility index (Phi) is 5.83. The van der Waals surface area contributed by atoms with E-state index in [0.29, 0.717) is 5.56 Å². The summed E-state index contributed by atoms with van der Waals surface area (Å²) in [4.78, 5) is 15.5. The fourth-order valence-electron chi connectivity index (χ4n) is 4.51. The predicted octanol–water partition coefficient (Wildman–Crippen LogP) is 3.39. The molecule has 168 valence electrons. The molecule has 2 aromatic carbocycles. The molecular formula is C24H27N3O4S. The van der Waals surface area contributed by atoms with E-state index in [0.717, 1.165) is 47.9 Å². The molecule has 0 fully saturated rings. The molecule has 2 N–H and O–H groups in total. The number of Topliss-reactive ketones (excluding diaryl/α,β-unsaturated/α-hetero) is 1. The lowest BCUT2D eigenvalue weighted by Gasteiger charge is -2.32. The molecule has 32 heavy (non-hydrogen) atoms. The number of nitrogens with two attached hydrogens (primary N) is 1. The largest absolute Gasteiger partial charge is 0.495 e. The number of carbonyl (C=O) groups excluding carboxylic acids is 1. The first kappa shape index (κ1) is 22.1. The lowest BCUT2D eigenvalue weighted by Crippen LogP contribution is -2.34. The van der Waals surface area contributed by atoms with Crippen molar-refractivity contribution in [2.45, 2.75) is 31.6 Å². The third-order valence-electron chi connectivity index (χ3n) is 5.98. The van der Waals surface area contributed by atoms with Crippen LogP contribution in [0.3, 0.4) is 0 Å². The summed E-state index contributed by atoms with van der Waals surface area (Å²) in [6, 6.07) is 14.2. The van der Waals surface area contributed by atoms with Gasteiger partial charge in [0.05, 0.1) is 24.2 Å². The van der Waals surface area contributed by atoms with Gasteiger partial charge in [0.15, 0.2) is 5.78 Å². The minimum absolute atomic E-state index is 0.0317. The Morgan fingerprint density at radius 2 is 1.84 bits per heavy atom. The van der Waals surface area contributed by atoms with E-state index >= 15 is 0 Å². The quantitative estimate of drug-likeness (QED) is 0.578. The number of nitrogens with zero attached hydrogens (tertiary/aromatic N) is 2. The minimum Gasteiger partial charge on any atom is -0.495 e. The van der Waals surface area contributed by atoms with Gasteiger partial charge in [-0.15, -0.1) is 0 Å². The number of fused-ring (bicyclic) bond motifs is 1. The van der Waals surface area contributed by atoms with Crippen molar-refractivity contribution in [3.05, 3.63) is 71.0 Å². The molecule has 7 nitrogen and oxygen atoms in total. The Morgan fingerprint density at radius 1 is 1.12 bits per heavy atom. The Labute approximate surface area is 188 Å². The van der Waals surface area contributed by atoms with Gasteiger partial charge in [-0.1, -0.05) is 12.1 Å². The number of rotatable bonds is 6. The number of hydrogen-bond acceptors (Lipinski definition) is 5. The predicted molar refractivity (Wildman–Crippen MR) is 124 cm³/mol. The van der Waals surface area contributed by atoms with E-state index < -0.39 is 10.0 Å². The molecule has 0 saturated carbocycles. The van der Waals surface area contributed by atoms with Gasteiger partial charge in [0.1, 0.15) is 5.75 Å². The van der Waals surface area contributed by atoms with Crippen LogP contribution in [0.15, 0.2) is 53.4 Å². The first-order valence-electron chi connectivity index (χ1n) is 10.5. The summed E-state index contributed by atoms with van der Waals surface area (Å²) in [6.45, 7) is 4.89. The monoisotopic (exact) mass is 453 g/mol. The number of benzene rings is 2. The van der Waals surface area contributed by atoms with Gasteiger partial charge in [-0.25, -0.2) is 13.6 Å². The Hall–Kier alpha value is -3.10. The molecule has 0 bridgehead atoms. The number of ether oxygens (including phenoxy) is 1. The first-order chi connectivity index (χ1) is 15.2. The number of anilines is 1. The average molecular weight is 454 g/mol. The van der Waals surface area contributed by atoms with Crippen molar-refractivity contribution in [1.82, 2.24) is 4.57 Å². The number of hydrogen-bond donors (Lipinski definition) is 1. The van der Waals surface area contributed by atoms with E-state index in [2.05, 4.69) is 11.0 Å². The fourth-order valence-corrected chi connectivity index (χ4v) is 5.02. The van der Waals surface area contributed by atoms with E-state index in [-0.39, 0.29) is 17.2 Å². The first-order valence-corrected chi connectivity index (χ1v) is 12.0. The van der Waals surface area contributed by atoms with E-state index in [9.17, 15) is 13.2 Å². The van der Waals surface area contributed by atoms with E-state index in [1.807, 2.05) is 36.6 Å². The van der Waals surface area contributed by atoms with Crippen LogP contribution in [-0.2, 0) is 16.4 Å². The molecule has 0 atom stereocenters. The summed E-state index contributed by atoms with van der Waals surface area (Å²) in [5.41, 5.74) is 5.33. The molecular weight excluding hydrogens is 426 g/mol. The fraction of sp³-hybridized carbons (Fsp3) is 0.292. The van der Waals surface area contributed by atoms with Crippen LogP contribution in [0.1, 0.15) is 33.7 Å². The average Bonchev–Trinajstić information content (AvgIpc) is 3.07. The van der Waals surface area contributed by atoms with Crippen molar-refractivity contribution in [1.29, 1.82) is 0 Å². The highest BCUT2D eigenvalue weighted by Crippen LogP contribution is 2.36. The lowest BCUT2D eigenvalue weighted by atomic mass is 10.00. The number of aryl methyl sites for hydroxylation is 2. The molecule has 0 radical (unpaired) electrons. The van der Waals surface area contributed by atoms with Crippen molar-refractivity contribution in [3.8, 4) is 11.4 Å². The molecule has 0 unspecified atom stereocenters. The Bertz CT molecular complexity index is 1260. The highest BCUT2D eigenvalue weighted by atomic mass is 32.2. The molecule has 0 saturated heterocycles. The van der Waals surface area contributed by atoms with Crippen LogP contribution in [0.5, 0.6) is 5.75 Å².